The Hall–Kier alpha value is -3.57. The molecule has 0 aliphatic carbocycles. The molecule has 1 aromatic heterocycles. The second-order valence-electron chi connectivity index (χ2n) is 8.43. The second kappa shape index (κ2) is 9.35. The fourth-order valence-corrected chi connectivity index (χ4v) is 5.17. The number of furan rings is 1. The van der Waals surface area contributed by atoms with E-state index in [0.717, 1.165) is 38.6 Å². The molecule has 4 aromatic carbocycles. The van der Waals surface area contributed by atoms with E-state index in [0.29, 0.717) is 22.7 Å². The molecule has 0 saturated heterocycles. The Morgan fingerprint density at radius 1 is 0.912 bits per heavy atom. The third-order valence-corrected chi connectivity index (χ3v) is 7.26. The average Bonchev–Trinajstić information content (AvgIpc) is 3.23. The van der Waals surface area contributed by atoms with Crippen molar-refractivity contribution >= 4 is 39.7 Å². The van der Waals surface area contributed by atoms with E-state index in [4.69, 9.17) is 9.52 Å². The number of thioether (sulfide) groups is 1. The topological polar surface area (TPSA) is 50.4 Å². The summed E-state index contributed by atoms with van der Waals surface area (Å²) in [5.41, 5.74) is 5.51. The molecule has 5 aromatic rings. The number of carboxylic acids is 1. The number of carbonyl (C=O) groups is 1. The standard InChI is InChI=1S/C29H23FO3S/c1-18(29(31)32)16-34-17-19-6-4-7-20(14-19)21-12-13-22(26(30)15-21)24-9-5-10-25-23-8-2-3-11-27(23)33-28(24)25/h2-15,18H,16-17H2,1H3,(H,31,32). The molecule has 5 heteroatoms. The lowest BCUT2D eigenvalue weighted by molar-refractivity contribution is -0.140. The summed E-state index contributed by atoms with van der Waals surface area (Å²) in [5.74, 6) is -0.210. The molecule has 0 aliphatic rings. The van der Waals surface area contributed by atoms with E-state index in [-0.39, 0.29) is 11.7 Å². The van der Waals surface area contributed by atoms with Crippen LogP contribution in [0.2, 0.25) is 0 Å². The van der Waals surface area contributed by atoms with Gasteiger partial charge in [-0.3, -0.25) is 4.79 Å². The first kappa shape index (κ1) is 22.2. The summed E-state index contributed by atoms with van der Waals surface area (Å²) >= 11 is 1.59. The molecule has 1 N–H and O–H groups in total. The molecule has 0 saturated carbocycles. The van der Waals surface area contributed by atoms with E-state index in [1.165, 1.54) is 0 Å². The molecule has 5 rings (SSSR count). The molecule has 0 aliphatic heterocycles. The van der Waals surface area contributed by atoms with Gasteiger partial charge in [0.05, 0.1) is 5.92 Å². The first-order valence-electron chi connectivity index (χ1n) is 11.1. The minimum atomic E-state index is -0.782. The number of benzene rings is 4. The summed E-state index contributed by atoms with van der Waals surface area (Å²) in [5, 5.41) is 11.0. The van der Waals surface area contributed by atoms with Crippen molar-refractivity contribution in [1.29, 1.82) is 0 Å². The van der Waals surface area contributed by atoms with Crippen molar-refractivity contribution in [3.05, 3.63) is 96.3 Å². The van der Waals surface area contributed by atoms with Gasteiger partial charge in [-0.2, -0.15) is 11.8 Å². The van der Waals surface area contributed by atoms with Crippen LogP contribution in [0.3, 0.4) is 0 Å². The maximum atomic E-state index is 15.4. The second-order valence-corrected chi connectivity index (χ2v) is 9.46. The molecule has 0 fully saturated rings. The van der Waals surface area contributed by atoms with Crippen molar-refractivity contribution in [1.82, 2.24) is 0 Å². The van der Waals surface area contributed by atoms with Crippen LogP contribution < -0.4 is 0 Å². The first-order valence-corrected chi connectivity index (χ1v) is 12.3. The van der Waals surface area contributed by atoms with Crippen LogP contribution in [0.5, 0.6) is 0 Å². The number of fused-ring (bicyclic) bond motifs is 3. The zero-order valence-electron chi connectivity index (χ0n) is 18.6. The van der Waals surface area contributed by atoms with Gasteiger partial charge in [-0.25, -0.2) is 4.39 Å². The number of hydrogen-bond donors (Lipinski definition) is 1. The van der Waals surface area contributed by atoms with Gasteiger partial charge < -0.3 is 9.52 Å². The van der Waals surface area contributed by atoms with Crippen molar-refractivity contribution < 1.29 is 18.7 Å². The van der Waals surface area contributed by atoms with Gasteiger partial charge in [0.2, 0.25) is 0 Å². The molecule has 0 amide bonds. The van der Waals surface area contributed by atoms with Crippen LogP contribution in [0, 0.1) is 11.7 Å². The van der Waals surface area contributed by atoms with Crippen LogP contribution in [0.15, 0.2) is 89.3 Å². The monoisotopic (exact) mass is 470 g/mol. The highest BCUT2D eigenvalue weighted by Crippen LogP contribution is 2.37. The Labute approximate surface area is 201 Å². The maximum Gasteiger partial charge on any atom is 0.307 e. The molecule has 1 atom stereocenters. The molecule has 0 bridgehead atoms. The highest BCUT2D eigenvalue weighted by Gasteiger charge is 2.15. The van der Waals surface area contributed by atoms with E-state index in [2.05, 4.69) is 0 Å². The van der Waals surface area contributed by atoms with Crippen molar-refractivity contribution in [2.24, 2.45) is 5.92 Å². The van der Waals surface area contributed by atoms with Crippen LogP contribution in [0.4, 0.5) is 4.39 Å². The molecule has 3 nitrogen and oxygen atoms in total. The van der Waals surface area contributed by atoms with E-state index in [1.807, 2.05) is 78.9 Å². The lowest BCUT2D eigenvalue weighted by atomic mass is 9.97. The number of rotatable bonds is 7. The Bertz CT molecular complexity index is 1500. The molecule has 1 unspecified atom stereocenters. The largest absolute Gasteiger partial charge is 0.481 e. The average molecular weight is 471 g/mol. The summed E-state index contributed by atoms with van der Waals surface area (Å²) in [4.78, 5) is 11.0. The van der Waals surface area contributed by atoms with Gasteiger partial charge in [-0.1, -0.05) is 79.7 Å². The zero-order valence-corrected chi connectivity index (χ0v) is 19.4. The van der Waals surface area contributed by atoms with E-state index < -0.39 is 5.97 Å². The lowest BCUT2D eigenvalue weighted by Gasteiger charge is -2.10. The maximum absolute atomic E-state index is 15.4. The van der Waals surface area contributed by atoms with Gasteiger partial charge >= 0.3 is 5.97 Å². The highest BCUT2D eigenvalue weighted by atomic mass is 32.2. The first-order chi connectivity index (χ1) is 16.5. The Kier molecular flexibility index (Phi) is 6.12. The fourth-order valence-electron chi connectivity index (χ4n) is 4.14. The van der Waals surface area contributed by atoms with Crippen LogP contribution in [-0.2, 0) is 10.5 Å². The van der Waals surface area contributed by atoms with Crippen LogP contribution in [-0.4, -0.2) is 16.8 Å². The highest BCUT2D eigenvalue weighted by molar-refractivity contribution is 7.98. The van der Waals surface area contributed by atoms with Gasteiger partial charge in [0.1, 0.15) is 17.0 Å². The predicted molar refractivity (Wildman–Crippen MR) is 138 cm³/mol. The van der Waals surface area contributed by atoms with Crippen molar-refractivity contribution in [2.75, 3.05) is 5.75 Å². The Morgan fingerprint density at radius 3 is 2.50 bits per heavy atom. The molecular formula is C29H23FO3S. The van der Waals surface area contributed by atoms with Crippen LogP contribution in [0.25, 0.3) is 44.2 Å². The van der Waals surface area contributed by atoms with E-state index in [1.54, 1.807) is 24.8 Å². The zero-order chi connectivity index (χ0) is 23.7. The normalized spacial score (nSPS) is 12.3. The van der Waals surface area contributed by atoms with E-state index >= 15 is 4.39 Å². The fraction of sp³-hybridized carbons (Fsp3) is 0.138. The smallest absolute Gasteiger partial charge is 0.307 e. The summed E-state index contributed by atoms with van der Waals surface area (Å²) in [6, 6.07) is 26.9. The third-order valence-electron chi connectivity index (χ3n) is 5.98. The summed E-state index contributed by atoms with van der Waals surface area (Å²) < 4.78 is 21.5. The SMILES string of the molecule is CC(CSCc1cccc(-c2ccc(-c3cccc4c3oc3ccccc34)c(F)c2)c1)C(=O)O. The van der Waals surface area contributed by atoms with Gasteiger partial charge in [-0.15, -0.1) is 0 Å². The molecule has 34 heavy (non-hydrogen) atoms. The number of aliphatic carboxylic acids is 1. The molecule has 0 spiro atoms. The molecule has 170 valence electrons. The van der Waals surface area contributed by atoms with Crippen LogP contribution in [0.1, 0.15) is 12.5 Å². The number of carboxylic acid groups (broad SMARTS) is 1. The molecular weight excluding hydrogens is 447 g/mol. The summed E-state index contributed by atoms with van der Waals surface area (Å²) in [6.45, 7) is 1.71. The number of para-hydroxylation sites is 2. The molecule has 0 radical (unpaired) electrons. The van der Waals surface area contributed by atoms with Crippen LogP contribution >= 0.6 is 11.8 Å². The molecule has 1 heterocycles. The van der Waals surface area contributed by atoms with Crippen molar-refractivity contribution in [3.63, 3.8) is 0 Å². The van der Waals surface area contributed by atoms with Gasteiger partial charge in [0.25, 0.3) is 0 Å². The van der Waals surface area contributed by atoms with Crippen molar-refractivity contribution in [2.45, 2.75) is 12.7 Å². The van der Waals surface area contributed by atoms with Gasteiger partial charge in [0, 0.05) is 33.4 Å². The summed E-state index contributed by atoms with van der Waals surface area (Å²) in [7, 11) is 0. The lowest BCUT2D eigenvalue weighted by Crippen LogP contribution is -2.11. The third kappa shape index (κ3) is 4.31. The van der Waals surface area contributed by atoms with Gasteiger partial charge in [-0.05, 0) is 28.8 Å². The summed E-state index contributed by atoms with van der Waals surface area (Å²) in [6.07, 6.45) is 0. The quantitative estimate of drug-likeness (QED) is 0.262. The predicted octanol–water partition coefficient (Wildman–Crippen LogP) is 8.01. The van der Waals surface area contributed by atoms with Crippen molar-refractivity contribution in [3.8, 4) is 22.3 Å². The minimum Gasteiger partial charge on any atom is -0.481 e. The Balaban J connectivity index is 1.43. The minimum absolute atomic E-state index is 0.305. The Morgan fingerprint density at radius 2 is 1.68 bits per heavy atom. The van der Waals surface area contributed by atoms with E-state index in [9.17, 15) is 4.79 Å². The number of halogens is 1. The number of hydrogen-bond acceptors (Lipinski definition) is 3. The van der Waals surface area contributed by atoms with Gasteiger partial charge in [0.15, 0.2) is 0 Å².